The number of hydrogen-bond donors (Lipinski definition) is 3. The Hall–Kier alpha value is -0.690. The molecule has 0 aromatic heterocycles. The Labute approximate surface area is 120 Å². The van der Waals surface area contributed by atoms with Gasteiger partial charge in [0.25, 0.3) is 0 Å². The molecule has 0 aromatic carbocycles. The lowest BCUT2D eigenvalue weighted by atomic mass is 9.96. The van der Waals surface area contributed by atoms with Gasteiger partial charge in [-0.15, -0.1) is 0 Å². The summed E-state index contributed by atoms with van der Waals surface area (Å²) in [5.74, 6) is -0.272. The van der Waals surface area contributed by atoms with E-state index in [4.69, 9.17) is 4.74 Å². The molecular formula is C14H26N2O4. The number of likely N-dealkylation sites (N-methyl/N-ethyl adjacent to an activating group) is 1. The Morgan fingerprint density at radius 2 is 2.00 bits per heavy atom. The van der Waals surface area contributed by atoms with E-state index in [0.29, 0.717) is 25.7 Å². The normalized spacial score (nSPS) is 31.7. The number of ether oxygens (including phenoxy) is 1. The van der Waals surface area contributed by atoms with Gasteiger partial charge in [0.2, 0.25) is 5.91 Å². The summed E-state index contributed by atoms with van der Waals surface area (Å²) in [4.78, 5) is 14.0. The number of amides is 1. The second-order valence-electron chi connectivity index (χ2n) is 6.01. The summed E-state index contributed by atoms with van der Waals surface area (Å²) in [5.41, 5.74) is 0. The summed E-state index contributed by atoms with van der Waals surface area (Å²) in [6, 6.07) is 0.520. The van der Waals surface area contributed by atoms with E-state index < -0.39 is 12.2 Å². The lowest BCUT2D eigenvalue weighted by Gasteiger charge is -2.32. The molecule has 1 saturated carbocycles. The van der Waals surface area contributed by atoms with E-state index in [1.165, 1.54) is 25.7 Å². The quantitative estimate of drug-likeness (QED) is 0.625. The topological polar surface area (TPSA) is 82.0 Å². The van der Waals surface area contributed by atoms with Crippen LogP contribution >= 0.6 is 0 Å². The molecule has 2 rings (SSSR count). The van der Waals surface area contributed by atoms with E-state index in [0.717, 1.165) is 0 Å². The van der Waals surface area contributed by atoms with Crippen molar-refractivity contribution in [2.75, 3.05) is 33.4 Å². The van der Waals surface area contributed by atoms with Crippen LogP contribution in [0.4, 0.5) is 0 Å². The highest BCUT2D eigenvalue weighted by Crippen LogP contribution is 2.22. The molecule has 20 heavy (non-hydrogen) atoms. The van der Waals surface area contributed by atoms with Gasteiger partial charge in [-0.3, -0.25) is 9.69 Å². The Bertz CT molecular complexity index is 320. The molecule has 6 heteroatoms. The number of aliphatic hydroxyl groups is 2. The maximum atomic E-state index is 11.9. The molecule has 0 radical (unpaired) electrons. The number of nitrogens with one attached hydrogen (secondary N) is 1. The van der Waals surface area contributed by atoms with Crippen molar-refractivity contribution in [3.05, 3.63) is 0 Å². The standard InChI is InChI=1S/C14H26N2O4/c1-16(11-4-2-3-5-11)7-13(18)15-6-10-8-20-9-12(17)14(10)19/h10-12,14,17,19H,2-9H2,1H3,(H,15,18)/t10-,12-,14+/m1/s1. The Morgan fingerprint density at radius 1 is 1.30 bits per heavy atom. The minimum absolute atomic E-state index is 0.0355. The van der Waals surface area contributed by atoms with Gasteiger partial charge in [-0.05, 0) is 19.9 Å². The molecule has 3 atom stereocenters. The third-order valence-electron chi connectivity index (χ3n) is 4.40. The van der Waals surface area contributed by atoms with Crippen molar-refractivity contribution in [1.82, 2.24) is 10.2 Å². The van der Waals surface area contributed by atoms with E-state index in [1.54, 1.807) is 0 Å². The first-order valence-corrected chi connectivity index (χ1v) is 7.48. The highest BCUT2D eigenvalue weighted by molar-refractivity contribution is 5.78. The van der Waals surface area contributed by atoms with Crippen LogP contribution in [-0.2, 0) is 9.53 Å². The number of carbonyl (C=O) groups is 1. The summed E-state index contributed by atoms with van der Waals surface area (Å²) in [6.45, 7) is 1.26. The van der Waals surface area contributed by atoms with Crippen LogP contribution in [0.25, 0.3) is 0 Å². The largest absolute Gasteiger partial charge is 0.390 e. The van der Waals surface area contributed by atoms with Gasteiger partial charge < -0.3 is 20.3 Å². The van der Waals surface area contributed by atoms with Crippen LogP contribution in [0.2, 0.25) is 0 Å². The second kappa shape index (κ2) is 7.36. The maximum absolute atomic E-state index is 11.9. The van der Waals surface area contributed by atoms with Crippen molar-refractivity contribution >= 4 is 5.91 Å². The fraction of sp³-hybridized carbons (Fsp3) is 0.929. The smallest absolute Gasteiger partial charge is 0.234 e. The van der Waals surface area contributed by atoms with Gasteiger partial charge in [0.1, 0.15) is 6.10 Å². The van der Waals surface area contributed by atoms with Crippen LogP contribution in [0, 0.1) is 5.92 Å². The van der Waals surface area contributed by atoms with Crippen LogP contribution in [0.15, 0.2) is 0 Å². The predicted octanol–water partition coefficient (Wildman–Crippen LogP) is -0.655. The van der Waals surface area contributed by atoms with E-state index in [2.05, 4.69) is 10.2 Å². The van der Waals surface area contributed by atoms with Crippen LogP contribution in [-0.4, -0.2) is 72.6 Å². The second-order valence-corrected chi connectivity index (χ2v) is 6.01. The lowest BCUT2D eigenvalue weighted by molar-refractivity contribution is -0.129. The highest BCUT2D eigenvalue weighted by Gasteiger charge is 2.31. The molecule has 0 aromatic rings. The molecule has 3 N–H and O–H groups in total. The van der Waals surface area contributed by atoms with Crippen LogP contribution in [0.5, 0.6) is 0 Å². The van der Waals surface area contributed by atoms with Crippen molar-refractivity contribution in [2.24, 2.45) is 5.92 Å². The molecule has 6 nitrogen and oxygen atoms in total. The third-order valence-corrected chi connectivity index (χ3v) is 4.40. The monoisotopic (exact) mass is 286 g/mol. The lowest BCUT2D eigenvalue weighted by Crippen LogP contribution is -2.49. The highest BCUT2D eigenvalue weighted by atomic mass is 16.5. The zero-order chi connectivity index (χ0) is 14.5. The molecule has 0 unspecified atom stereocenters. The Balaban J connectivity index is 1.69. The SMILES string of the molecule is CN(CC(=O)NC[C@@H]1COC[C@@H](O)[C@H]1O)C1CCCC1. The van der Waals surface area contributed by atoms with E-state index in [-0.39, 0.29) is 18.4 Å². The Morgan fingerprint density at radius 3 is 2.70 bits per heavy atom. The first kappa shape index (κ1) is 15.7. The van der Waals surface area contributed by atoms with Crippen molar-refractivity contribution < 1.29 is 19.7 Å². The first-order valence-electron chi connectivity index (χ1n) is 7.48. The van der Waals surface area contributed by atoms with Gasteiger partial charge >= 0.3 is 0 Å². The van der Waals surface area contributed by atoms with Gasteiger partial charge in [0, 0.05) is 18.5 Å². The number of aliphatic hydroxyl groups excluding tert-OH is 2. The van der Waals surface area contributed by atoms with Crippen molar-refractivity contribution in [3.63, 3.8) is 0 Å². The molecule has 0 bridgehead atoms. The minimum atomic E-state index is -0.855. The number of hydrogen-bond acceptors (Lipinski definition) is 5. The van der Waals surface area contributed by atoms with Crippen molar-refractivity contribution in [3.8, 4) is 0 Å². The average molecular weight is 286 g/mol. The van der Waals surface area contributed by atoms with Gasteiger partial charge in [0.05, 0.1) is 25.9 Å². The van der Waals surface area contributed by atoms with Crippen LogP contribution in [0.3, 0.4) is 0 Å². The predicted molar refractivity (Wildman–Crippen MR) is 74.2 cm³/mol. The zero-order valence-corrected chi connectivity index (χ0v) is 12.1. The van der Waals surface area contributed by atoms with Crippen molar-refractivity contribution in [2.45, 2.75) is 43.9 Å². The number of rotatable bonds is 5. The maximum Gasteiger partial charge on any atom is 0.234 e. The molecule has 1 amide bonds. The summed E-state index contributed by atoms with van der Waals surface area (Å²) in [5, 5.41) is 22.1. The fourth-order valence-corrected chi connectivity index (χ4v) is 3.03. The molecule has 2 fully saturated rings. The molecule has 1 aliphatic carbocycles. The van der Waals surface area contributed by atoms with Gasteiger partial charge in [-0.2, -0.15) is 0 Å². The molecular weight excluding hydrogens is 260 g/mol. The summed E-state index contributed by atoms with van der Waals surface area (Å²) in [6.07, 6.45) is 3.17. The van der Waals surface area contributed by atoms with Crippen molar-refractivity contribution in [1.29, 1.82) is 0 Å². The third kappa shape index (κ3) is 4.15. The van der Waals surface area contributed by atoms with E-state index >= 15 is 0 Å². The Kier molecular flexibility index (Phi) is 5.77. The molecule has 0 spiro atoms. The van der Waals surface area contributed by atoms with Gasteiger partial charge in [0.15, 0.2) is 0 Å². The molecule has 1 heterocycles. The average Bonchev–Trinajstić information content (AvgIpc) is 2.94. The number of nitrogens with zero attached hydrogens (tertiary/aromatic N) is 1. The number of carbonyl (C=O) groups excluding carboxylic acids is 1. The molecule has 1 saturated heterocycles. The minimum Gasteiger partial charge on any atom is -0.390 e. The summed E-state index contributed by atoms with van der Waals surface area (Å²) >= 11 is 0. The van der Waals surface area contributed by atoms with Crippen LogP contribution < -0.4 is 5.32 Å². The van der Waals surface area contributed by atoms with E-state index in [9.17, 15) is 15.0 Å². The molecule has 2 aliphatic rings. The van der Waals surface area contributed by atoms with Crippen LogP contribution in [0.1, 0.15) is 25.7 Å². The summed E-state index contributed by atoms with van der Waals surface area (Å²) < 4.78 is 5.19. The molecule has 116 valence electrons. The van der Waals surface area contributed by atoms with Gasteiger partial charge in [-0.25, -0.2) is 0 Å². The summed E-state index contributed by atoms with van der Waals surface area (Å²) in [7, 11) is 1.98. The zero-order valence-electron chi connectivity index (χ0n) is 12.1. The van der Waals surface area contributed by atoms with E-state index in [1.807, 2.05) is 7.05 Å². The fourth-order valence-electron chi connectivity index (χ4n) is 3.03. The molecule has 1 aliphatic heterocycles. The van der Waals surface area contributed by atoms with Gasteiger partial charge in [-0.1, -0.05) is 12.8 Å². The first-order chi connectivity index (χ1) is 9.58.